The summed E-state index contributed by atoms with van der Waals surface area (Å²) in [5.74, 6) is -0.211. The third kappa shape index (κ3) is 3.47. The molecule has 0 bridgehead atoms. The van der Waals surface area contributed by atoms with Crippen molar-refractivity contribution in [2.45, 2.75) is 6.42 Å². The number of halogens is 2. The zero-order valence-corrected chi connectivity index (χ0v) is 10.1. The van der Waals surface area contributed by atoms with E-state index in [0.717, 1.165) is 0 Å². The normalized spacial score (nSPS) is 10.2. The lowest BCUT2D eigenvalue weighted by Crippen LogP contribution is -2.14. The number of oxazole rings is 1. The zero-order chi connectivity index (χ0) is 12.3. The topological polar surface area (TPSA) is 55.1 Å². The Labute approximate surface area is 108 Å². The Balaban J connectivity index is 2.03. The molecule has 0 atom stereocenters. The summed E-state index contributed by atoms with van der Waals surface area (Å²) >= 11 is 11.6. The van der Waals surface area contributed by atoms with Gasteiger partial charge in [-0.3, -0.25) is 4.79 Å². The third-order valence-electron chi connectivity index (χ3n) is 1.97. The van der Waals surface area contributed by atoms with Crippen molar-refractivity contribution in [3.63, 3.8) is 0 Å². The van der Waals surface area contributed by atoms with Gasteiger partial charge in [0.05, 0.1) is 12.1 Å². The van der Waals surface area contributed by atoms with Crippen molar-refractivity contribution in [3.8, 4) is 0 Å². The van der Waals surface area contributed by atoms with Crippen molar-refractivity contribution < 1.29 is 9.21 Å². The van der Waals surface area contributed by atoms with E-state index in [0.29, 0.717) is 21.4 Å². The molecule has 4 nitrogen and oxygen atoms in total. The minimum atomic E-state index is -0.211. The largest absolute Gasteiger partial charge is 0.451 e. The standard InChI is InChI=1S/C11H8Cl2N2O2/c12-7-1-8(13)3-9(2-7)15-11(16)4-10-5-17-6-14-10/h1-3,5-6H,4H2,(H,15,16). The van der Waals surface area contributed by atoms with Gasteiger partial charge in [0.1, 0.15) is 6.26 Å². The van der Waals surface area contributed by atoms with Gasteiger partial charge in [-0.05, 0) is 18.2 Å². The van der Waals surface area contributed by atoms with E-state index in [9.17, 15) is 4.79 Å². The Morgan fingerprint density at radius 3 is 2.59 bits per heavy atom. The van der Waals surface area contributed by atoms with E-state index in [4.69, 9.17) is 27.6 Å². The summed E-state index contributed by atoms with van der Waals surface area (Å²) in [5, 5.41) is 3.61. The highest BCUT2D eigenvalue weighted by Crippen LogP contribution is 2.22. The Morgan fingerprint density at radius 2 is 2.00 bits per heavy atom. The molecule has 0 aliphatic rings. The van der Waals surface area contributed by atoms with Gasteiger partial charge in [-0.1, -0.05) is 23.2 Å². The second-order valence-electron chi connectivity index (χ2n) is 3.36. The number of amides is 1. The second-order valence-corrected chi connectivity index (χ2v) is 4.24. The van der Waals surface area contributed by atoms with Gasteiger partial charge in [-0.25, -0.2) is 4.98 Å². The molecule has 88 valence electrons. The number of aromatic nitrogens is 1. The van der Waals surface area contributed by atoms with Gasteiger partial charge in [0.2, 0.25) is 5.91 Å². The molecular weight excluding hydrogens is 263 g/mol. The Hall–Kier alpha value is -1.52. The van der Waals surface area contributed by atoms with Crippen LogP contribution in [0.1, 0.15) is 5.69 Å². The number of benzene rings is 1. The first-order valence-corrected chi connectivity index (χ1v) is 5.52. The zero-order valence-electron chi connectivity index (χ0n) is 8.61. The highest BCUT2D eigenvalue weighted by Gasteiger charge is 2.07. The SMILES string of the molecule is O=C(Cc1cocn1)Nc1cc(Cl)cc(Cl)c1. The summed E-state index contributed by atoms with van der Waals surface area (Å²) in [4.78, 5) is 15.5. The predicted molar refractivity (Wildman–Crippen MR) is 65.3 cm³/mol. The van der Waals surface area contributed by atoms with Crippen LogP contribution in [0.25, 0.3) is 0 Å². The van der Waals surface area contributed by atoms with Crippen LogP contribution in [0.5, 0.6) is 0 Å². The van der Waals surface area contributed by atoms with Crippen LogP contribution >= 0.6 is 23.2 Å². The molecule has 0 aliphatic carbocycles. The highest BCUT2D eigenvalue weighted by atomic mass is 35.5. The molecule has 6 heteroatoms. The number of nitrogens with zero attached hydrogens (tertiary/aromatic N) is 1. The first-order valence-electron chi connectivity index (χ1n) is 4.76. The van der Waals surface area contributed by atoms with Crippen LogP contribution in [0.4, 0.5) is 5.69 Å². The molecule has 1 heterocycles. The first-order chi connectivity index (χ1) is 8.13. The van der Waals surface area contributed by atoms with Crippen LogP contribution in [0.15, 0.2) is 35.3 Å². The smallest absolute Gasteiger partial charge is 0.230 e. The van der Waals surface area contributed by atoms with Gasteiger partial charge >= 0.3 is 0 Å². The summed E-state index contributed by atoms with van der Waals surface area (Å²) in [6.07, 6.45) is 2.84. The first kappa shape index (κ1) is 12.0. The van der Waals surface area contributed by atoms with E-state index >= 15 is 0 Å². The van der Waals surface area contributed by atoms with Crippen LogP contribution in [-0.2, 0) is 11.2 Å². The van der Waals surface area contributed by atoms with Crippen molar-refractivity contribution in [1.82, 2.24) is 4.98 Å². The second kappa shape index (κ2) is 5.21. The van der Waals surface area contributed by atoms with Gasteiger partial charge in [0.25, 0.3) is 0 Å². The Bertz CT molecular complexity index is 506. The average Bonchev–Trinajstić information content (AvgIpc) is 2.67. The molecule has 1 aromatic carbocycles. The van der Waals surface area contributed by atoms with E-state index in [2.05, 4.69) is 10.3 Å². The van der Waals surface area contributed by atoms with Gasteiger partial charge in [-0.2, -0.15) is 0 Å². The fourth-order valence-electron chi connectivity index (χ4n) is 1.32. The molecule has 0 saturated heterocycles. The van der Waals surface area contributed by atoms with E-state index in [1.165, 1.54) is 12.7 Å². The van der Waals surface area contributed by atoms with E-state index < -0.39 is 0 Å². The van der Waals surface area contributed by atoms with Gasteiger partial charge in [0, 0.05) is 15.7 Å². The predicted octanol–water partition coefficient (Wildman–Crippen LogP) is 3.16. The molecule has 1 N–H and O–H groups in total. The summed E-state index contributed by atoms with van der Waals surface area (Å²) in [7, 11) is 0. The van der Waals surface area contributed by atoms with E-state index in [-0.39, 0.29) is 12.3 Å². The number of carbonyl (C=O) groups is 1. The van der Waals surface area contributed by atoms with Crippen LogP contribution in [0.3, 0.4) is 0 Å². The van der Waals surface area contributed by atoms with Crippen LogP contribution in [0.2, 0.25) is 10.0 Å². The van der Waals surface area contributed by atoms with Crippen molar-refractivity contribution in [3.05, 3.63) is 46.6 Å². The molecule has 2 rings (SSSR count). The maximum Gasteiger partial charge on any atom is 0.230 e. The summed E-state index contributed by atoms with van der Waals surface area (Å²) < 4.78 is 4.77. The Kier molecular flexibility index (Phi) is 3.66. The molecule has 1 amide bonds. The van der Waals surface area contributed by atoms with Gasteiger partial charge < -0.3 is 9.73 Å². The summed E-state index contributed by atoms with van der Waals surface area (Å²) in [5.41, 5.74) is 1.12. The summed E-state index contributed by atoms with van der Waals surface area (Å²) in [6.45, 7) is 0. The average molecular weight is 271 g/mol. The molecule has 1 aromatic heterocycles. The molecule has 0 fully saturated rings. The van der Waals surface area contributed by atoms with Crippen molar-refractivity contribution in [2.24, 2.45) is 0 Å². The fraction of sp³-hybridized carbons (Fsp3) is 0.0909. The molecule has 2 aromatic rings. The molecule has 17 heavy (non-hydrogen) atoms. The third-order valence-corrected chi connectivity index (χ3v) is 2.41. The van der Waals surface area contributed by atoms with E-state index in [1.54, 1.807) is 18.2 Å². The van der Waals surface area contributed by atoms with Crippen LogP contribution in [-0.4, -0.2) is 10.9 Å². The number of hydrogen-bond donors (Lipinski definition) is 1. The quantitative estimate of drug-likeness (QED) is 0.932. The van der Waals surface area contributed by atoms with E-state index in [1.807, 2.05) is 0 Å². The molecular formula is C11H8Cl2N2O2. The lowest BCUT2D eigenvalue weighted by Gasteiger charge is -2.05. The van der Waals surface area contributed by atoms with Crippen molar-refractivity contribution in [2.75, 3.05) is 5.32 Å². The molecule has 0 radical (unpaired) electrons. The fourth-order valence-corrected chi connectivity index (χ4v) is 1.85. The van der Waals surface area contributed by atoms with Crippen molar-refractivity contribution in [1.29, 1.82) is 0 Å². The van der Waals surface area contributed by atoms with Crippen molar-refractivity contribution >= 4 is 34.8 Å². The number of hydrogen-bond acceptors (Lipinski definition) is 3. The number of carbonyl (C=O) groups excluding carboxylic acids is 1. The number of rotatable bonds is 3. The lowest BCUT2D eigenvalue weighted by atomic mass is 10.3. The lowest BCUT2D eigenvalue weighted by molar-refractivity contribution is -0.115. The maximum absolute atomic E-state index is 11.6. The monoisotopic (exact) mass is 270 g/mol. The molecule has 0 unspecified atom stereocenters. The summed E-state index contributed by atoms with van der Waals surface area (Å²) in [6, 6.07) is 4.83. The highest BCUT2D eigenvalue weighted by molar-refractivity contribution is 6.35. The molecule has 0 spiro atoms. The molecule has 0 saturated carbocycles. The van der Waals surface area contributed by atoms with Gasteiger partial charge in [0.15, 0.2) is 6.39 Å². The molecule has 0 aliphatic heterocycles. The minimum Gasteiger partial charge on any atom is -0.451 e. The van der Waals surface area contributed by atoms with Gasteiger partial charge in [-0.15, -0.1) is 0 Å². The minimum absolute atomic E-state index is 0.140. The number of anilines is 1. The van der Waals surface area contributed by atoms with Crippen LogP contribution in [0, 0.1) is 0 Å². The maximum atomic E-state index is 11.6. The Morgan fingerprint density at radius 1 is 1.29 bits per heavy atom. The van der Waals surface area contributed by atoms with Crippen LogP contribution < -0.4 is 5.32 Å². The number of nitrogens with one attached hydrogen (secondary N) is 1.